The molecule has 3 nitrogen and oxygen atoms in total. The highest BCUT2D eigenvalue weighted by Gasteiger charge is 2.06. The molecule has 0 spiro atoms. The van der Waals surface area contributed by atoms with E-state index in [-0.39, 0.29) is 6.61 Å². The number of aromatic nitrogens is 2. The number of hydrogen-bond donors (Lipinski definition) is 2. The van der Waals surface area contributed by atoms with Gasteiger partial charge in [0, 0.05) is 17.9 Å². The van der Waals surface area contributed by atoms with Crippen molar-refractivity contribution in [2.24, 2.45) is 0 Å². The molecule has 0 aliphatic heterocycles. The highest BCUT2D eigenvalue weighted by molar-refractivity contribution is 5.64. The lowest BCUT2D eigenvalue weighted by Gasteiger charge is -2.01. The molecule has 0 radical (unpaired) electrons. The zero-order valence-corrected chi connectivity index (χ0v) is 8.48. The van der Waals surface area contributed by atoms with E-state index in [4.69, 9.17) is 5.11 Å². The Hall–Kier alpha value is -1.61. The van der Waals surface area contributed by atoms with Gasteiger partial charge in [-0.1, -0.05) is 30.3 Å². The van der Waals surface area contributed by atoms with Gasteiger partial charge < -0.3 is 5.11 Å². The van der Waals surface area contributed by atoms with Gasteiger partial charge in [-0.05, 0) is 18.4 Å². The second kappa shape index (κ2) is 4.75. The smallest absolute Gasteiger partial charge is 0.0568 e. The Balaban J connectivity index is 2.25. The number of aliphatic hydroxyl groups excluding tert-OH is 1. The van der Waals surface area contributed by atoms with Crippen molar-refractivity contribution in [1.82, 2.24) is 10.2 Å². The van der Waals surface area contributed by atoms with Crippen LogP contribution < -0.4 is 0 Å². The van der Waals surface area contributed by atoms with Crippen LogP contribution in [0.4, 0.5) is 0 Å². The first-order valence-electron chi connectivity index (χ1n) is 5.10. The maximum Gasteiger partial charge on any atom is 0.0568 e. The van der Waals surface area contributed by atoms with Crippen LogP contribution in [0.15, 0.2) is 36.5 Å². The lowest BCUT2D eigenvalue weighted by Crippen LogP contribution is -1.92. The molecule has 0 atom stereocenters. The first kappa shape index (κ1) is 9.93. The molecule has 0 saturated carbocycles. The van der Waals surface area contributed by atoms with Gasteiger partial charge in [-0.25, -0.2) is 0 Å². The average Bonchev–Trinajstić information content (AvgIpc) is 2.75. The molecule has 15 heavy (non-hydrogen) atoms. The molecule has 0 saturated heterocycles. The van der Waals surface area contributed by atoms with E-state index in [2.05, 4.69) is 22.3 Å². The Morgan fingerprint density at radius 1 is 1.20 bits per heavy atom. The molecule has 1 aromatic heterocycles. The van der Waals surface area contributed by atoms with Crippen LogP contribution in [-0.4, -0.2) is 21.9 Å². The van der Waals surface area contributed by atoms with Crippen LogP contribution in [0.5, 0.6) is 0 Å². The van der Waals surface area contributed by atoms with E-state index in [1.807, 2.05) is 24.4 Å². The maximum absolute atomic E-state index is 8.79. The summed E-state index contributed by atoms with van der Waals surface area (Å²) in [5, 5.41) is 15.8. The van der Waals surface area contributed by atoms with Crippen molar-refractivity contribution in [1.29, 1.82) is 0 Å². The van der Waals surface area contributed by atoms with Crippen LogP contribution in [0.2, 0.25) is 0 Å². The molecule has 0 aliphatic carbocycles. The minimum absolute atomic E-state index is 0.216. The van der Waals surface area contributed by atoms with Crippen LogP contribution in [0.3, 0.4) is 0 Å². The number of H-pyrrole nitrogens is 1. The highest BCUT2D eigenvalue weighted by Crippen LogP contribution is 2.22. The number of nitrogens with zero attached hydrogens (tertiary/aromatic N) is 1. The first-order valence-corrected chi connectivity index (χ1v) is 5.10. The molecule has 2 N–H and O–H groups in total. The topological polar surface area (TPSA) is 48.9 Å². The van der Waals surface area contributed by atoms with Crippen LogP contribution in [0.1, 0.15) is 12.1 Å². The second-order valence-electron chi connectivity index (χ2n) is 3.46. The summed E-state index contributed by atoms with van der Waals surface area (Å²) in [5.41, 5.74) is 3.39. The predicted molar refractivity (Wildman–Crippen MR) is 59.4 cm³/mol. The summed E-state index contributed by atoms with van der Waals surface area (Å²) in [4.78, 5) is 0. The third-order valence-corrected chi connectivity index (χ3v) is 2.39. The molecule has 1 aromatic carbocycles. The largest absolute Gasteiger partial charge is 0.396 e. The molecule has 2 aromatic rings. The normalized spacial score (nSPS) is 10.5. The Morgan fingerprint density at radius 3 is 2.73 bits per heavy atom. The van der Waals surface area contributed by atoms with E-state index in [0.29, 0.717) is 0 Å². The molecule has 0 fully saturated rings. The zero-order valence-electron chi connectivity index (χ0n) is 8.48. The standard InChI is InChI=1S/C12H14N2O/c15-8-4-7-12-11(9-13-14-12)10-5-2-1-3-6-10/h1-3,5-6,9,15H,4,7-8H2,(H,13,14). The molecule has 1 heterocycles. The molecule has 0 unspecified atom stereocenters. The fraction of sp³-hybridized carbons (Fsp3) is 0.250. The number of aryl methyl sites for hydroxylation is 1. The van der Waals surface area contributed by atoms with Crippen molar-refractivity contribution in [2.75, 3.05) is 6.61 Å². The predicted octanol–water partition coefficient (Wildman–Crippen LogP) is 2.00. The molecule has 3 heteroatoms. The van der Waals surface area contributed by atoms with E-state index in [9.17, 15) is 0 Å². The monoisotopic (exact) mass is 202 g/mol. The number of nitrogens with one attached hydrogen (secondary N) is 1. The second-order valence-corrected chi connectivity index (χ2v) is 3.46. The SMILES string of the molecule is OCCCc1[nH]ncc1-c1ccccc1. The summed E-state index contributed by atoms with van der Waals surface area (Å²) >= 11 is 0. The molecular weight excluding hydrogens is 188 g/mol. The Morgan fingerprint density at radius 2 is 2.00 bits per heavy atom. The number of aromatic amines is 1. The Bertz CT molecular complexity index is 409. The van der Waals surface area contributed by atoms with E-state index < -0.39 is 0 Å². The van der Waals surface area contributed by atoms with E-state index >= 15 is 0 Å². The van der Waals surface area contributed by atoms with Crippen LogP contribution >= 0.6 is 0 Å². The number of hydrogen-bond acceptors (Lipinski definition) is 2. The van der Waals surface area contributed by atoms with Gasteiger partial charge in [-0.3, -0.25) is 5.10 Å². The van der Waals surface area contributed by atoms with Gasteiger partial charge in [-0.15, -0.1) is 0 Å². The fourth-order valence-corrected chi connectivity index (χ4v) is 1.63. The Kier molecular flexibility index (Phi) is 3.15. The summed E-state index contributed by atoms with van der Waals surface area (Å²) in [7, 11) is 0. The zero-order chi connectivity index (χ0) is 10.5. The van der Waals surface area contributed by atoms with Crippen molar-refractivity contribution in [3.05, 3.63) is 42.2 Å². The van der Waals surface area contributed by atoms with E-state index in [1.54, 1.807) is 0 Å². The highest BCUT2D eigenvalue weighted by atomic mass is 16.2. The van der Waals surface area contributed by atoms with Crippen molar-refractivity contribution in [2.45, 2.75) is 12.8 Å². The third kappa shape index (κ3) is 2.25. The van der Waals surface area contributed by atoms with Crippen LogP contribution in [0.25, 0.3) is 11.1 Å². The summed E-state index contributed by atoms with van der Waals surface area (Å²) < 4.78 is 0. The quantitative estimate of drug-likeness (QED) is 0.796. The van der Waals surface area contributed by atoms with Gasteiger partial charge in [0.1, 0.15) is 0 Å². The molecule has 0 amide bonds. The Labute approximate surface area is 88.8 Å². The molecule has 0 bridgehead atoms. The molecular formula is C12H14N2O. The van der Waals surface area contributed by atoms with Crippen molar-refractivity contribution >= 4 is 0 Å². The van der Waals surface area contributed by atoms with Gasteiger partial charge in [0.05, 0.1) is 6.20 Å². The lowest BCUT2D eigenvalue weighted by atomic mass is 10.0. The molecule has 2 rings (SSSR count). The van der Waals surface area contributed by atoms with Crippen LogP contribution in [0, 0.1) is 0 Å². The number of benzene rings is 1. The van der Waals surface area contributed by atoms with Gasteiger partial charge in [-0.2, -0.15) is 5.10 Å². The number of aliphatic hydroxyl groups is 1. The van der Waals surface area contributed by atoms with Crippen LogP contribution in [-0.2, 0) is 6.42 Å². The first-order chi connectivity index (χ1) is 7.42. The van der Waals surface area contributed by atoms with Gasteiger partial charge in [0.2, 0.25) is 0 Å². The van der Waals surface area contributed by atoms with Gasteiger partial charge in [0.25, 0.3) is 0 Å². The minimum Gasteiger partial charge on any atom is -0.396 e. The number of rotatable bonds is 4. The average molecular weight is 202 g/mol. The lowest BCUT2D eigenvalue weighted by molar-refractivity contribution is 0.288. The summed E-state index contributed by atoms with van der Waals surface area (Å²) in [6, 6.07) is 10.1. The van der Waals surface area contributed by atoms with Crippen molar-refractivity contribution in [3.63, 3.8) is 0 Å². The summed E-state index contributed by atoms with van der Waals surface area (Å²) in [6.45, 7) is 0.216. The molecule has 0 aliphatic rings. The summed E-state index contributed by atoms with van der Waals surface area (Å²) in [6.07, 6.45) is 3.44. The van der Waals surface area contributed by atoms with Crippen molar-refractivity contribution < 1.29 is 5.11 Å². The summed E-state index contributed by atoms with van der Waals surface area (Å²) in [5.74, 6) is 0. The van der Waals surface area contributed by atoms with Crippen molar-refractivity contribution in [3.8, 4) is 11.1 Å². The van der Waals surface area contributed by atoms with E-state index in [1.165, 1.54) is 5.56 Å². The maximum atomic E-state index is 8.79. The minimum atomic E-state index is 0.216. The fourth-order valence-electron chi connectivity index (χ4n) is 1.63. The van der Waals surface area contributed by atoms with Gasteiger partial charge >= 0.3 is 0 Å². The third-order valence-electron chi connectivity index (χ3n) is 2.39. The molecule has 78 valence electrons. The van der Waals surface area contributed by atoms with E-state index in [0.717, 1.165) is 24.1 Å². The van der Waals surface area contributed by atoms with Gasteiger partial charge in [0.15, 0.2) is 0 Å².